The SMILES string of the molecule is Cc1ccc2cc(C)c(-c3cccc(/C=C4\SC(=S)NC4=O)n3)nc2c1. The number of thioether (sulfide) groups is 1. The molecule has 0 radical (unpaired) electrons. The molecule has 0 bridgehead atoms. The van der Waals surface area contributed by atoms with E-state index in [4.69, 9.17) is 17.2 Å². The number of fused-ring (bicyclic) bond motifs is 1. The number of nitrogens with one attached hydrogen (secondary N) is 1. The fourth-order valence-electron chi connectivity index (χ4n) is 2.86. The van der Waals surface area contributed by atoms with Gasteiger partial charge >= 0.3 is 0 Å². The van der Waals surface area contributed by atoms with Gasteiger partial charge in [-0.2, -0.15) is 0 Å². The van der Waals surface area contributed by atoms with Gasteiger partial charge in [-0.05, 0) is 55.3 Å². The molecular weight excluding hydrogens is 362 g/mol. The summed E-state index contributed by atoms with van der Waals surface area (Å²) in [6.45, 7) is 4.09. The molecule has 1 N–H and O–H groups in total. The number of rotatable bonds is 2. The molecule has 1 aliphatic rings. The molecular formula is C20H15N3OS2. The van der Waals surface area contributed by atoms with Gasteiger partial charge in [-0.15, -0.1) is 0 Å². The lowest BCUT2D eigenvalue weighted by molar-refractivity contribution is -0.115. The molecule has 4 nitrogen and oxygen atoms in total. The minimum atomic E-state index is -0.178. The summed E-state index contributed by atoms with van der Waals surface area (Å²) >= 11 is 6.28. The van der Waals surface area contributed by atoms with Crippen molar-refractivity contribution in [2.45, 2.75) is 13.8 Å². The Balaban J connectivity index is 1.78. The summed E-state index contributed by atoms with van der Waals surface area (Å²) in [5, 5.41) is 3.73. The van der Waals surface area contributed by atoms with Crippen LogP contribution in [-0.2, 0) is 4.79 Å². The molecule has 1 aromatic carbocycles. The van der Waals surface area contributed by atoms with E-state index < -0.39 is 0 Å². The van der Waals surface area contributed by atoms with Gasteiger partial charge in [0.1, 0.15) is 4.32 Å². The Hall–Kier alpha value is -2.57. The number of aromatic nitrogens is 2. The Morgan fingerprint density at radius 2 is 1.96 bits per heavy atom. The lowest BCUT2D eigenvalue weighted by Gasteiger charge is -2.08. The summed E-state index contributed by atoms with van der Waals surface area (Å²) in [5.41, 5.74) is 5.52. The zero-order valence-corrected chi connectivity index (χ0v) is 15.9. The third-order valence-electron chi connectivity index (χ3n) is 4.10. The second kappa shape index (κ2) is 6.63. The Morgan fingerprint density at radius 3 is 2.73 bits per heavy atom. The third kappa shape index (κ3) is 3.25. The van der Waals surface area contributed by atoms with Crippen molar-refractivity contribution in [2.75, 3.05) is 0 Å². The van der Waals surface area contributed by atoms with Crippen molar-refractivity contribution in [1.29, 1.82) is 0 Å². The predicted octanol–water partition coefficient (Wildman–Crippen LogP) is 4.40. The van der Waals surface area contributed by atoms with E-state index in [1.807, 2.05) is 25.1 Å². The van der Waals surface area contributed by atoms with Crippen molar-refractivity contribution in [3.8, 4) is 11.4 Å². The molecule has 0 spiro atoms. The zero-order valence-electron chi connectivity index (χ0n) is 14.2. The van der Waals surface area contributed by atoms with E-state index in [0.29, 0.717) is 14.9 Å². The van der Waals surface area contributed by atoms with E-state index in [0.717, 1.165) is 27.9 Å². The minimum Gasteiger partial charge on any atom is -0.307 e. The molecule has 1 amide bonds. The van der Waals surface area contributed by atoms with Crippen molar-refractivity contribution in [3.63, 3.8) is 0 Å². The number of aryl methyl sites for hydroxylation is 2. The molecule has 0 saturated carbocycles. The molecule has 0 aliphatic carbocycles. The molecule has 3 aromatic rings. The summed E-state index contributed by atoms with van der Waals surface area (Å²) in [4.78, 5) is 21.9. The molecule has 26 heavy (non-hydrogen) atoms. The van der Waals surface area contributed by atoms with Crippen LogP contribution in [0.3, 0.4) is 0 Å². The van der Waals surface area contributed by atoms with Crippen LogP contribution in [0.5, 0.6) is 0 Å². The quantitative estimate of drug-likeness (QED) is 0.530. The number of carbonyl (C=O) groups excluding carboxylic acids is 1. The fourth-order valence-corrected chi connectivity index (χ4v) is 3.89. The molecule has 6 heteroatoms. The topological polar surface area (TPSA) is 54.9 Å². The van der Waals surface area contributed by atoms with Gasteiger partial charge in [-0.3, -0.25) is 4.79 Å². The van der Waals surface area contributed by atoms with E-state index >= 15 is 0 Å². The summed E-state index contributed by atoms with van der Waals surface area (Å²) in [7, 11) is 0. The largest absolute Gasteiger partial charge is 0.307 e. The highest BCUT2D eigenvalue weighted by Gasteiger charge is 2.22. The summed E-state index contributed by atoms with van der Waals surface area (Å²) in [5.74, 6) is -0.178. The highest BCUT2D eigenvalue weighted by molar-refractivity contribution is 8.26. The van der Waals surface area contributed by atoms with Crippen LogP contribution < -0.4 is 5.32 Å². The first kappa shape index (κ1) is 16.9. The van der Waals surface area contributed by atoms with Gasteiger partial charge in [0.25, 0.3) is 5.91 Å². The molecule has 1 aliphatic heterocycles. The maximum atomic E-state index is 11.8. The average molecular weight is 377 g/mol. The number of nitrogens with zero attached hydrogens (tertiary/aromatic N) is 2. The highest BCUT2D eigenvalue weighted by atomic mass is 32.2. The van der Waals surface area contributed by atoms with Gasteiger partial charge in [-0.1, -0.05) is 42.2 Å². The first-order valence-electron chi connectivity index (χ1n) is 8.10. The minimum absolute atomic E-state index is 0.178. The van der Waals surface area contributed by atoms with Gasteiger partial charge < -0.3 is 5.32 Å². The van der Waals surface area contributed by atoms with Crippen LogP contribution in [0.15, 0.2) is 47.4 Å². The third-order valence-corrected chi connectivity index (χ3v) is 5.26. The van der Waals surface area contributed by atoms with E-state index in [1.165, 1.54) is 17.3 Å². The number of benzene rings is 1. The average Bonchev–Trinajstić information content (AvgIpc) is 2.92. The normalized spacial score (nSPS) is 15.7. The number of hydrogen-bond donors (Lipinski definition) is 1. The van der Waals surface area contributed by atoms with Gasteiger partial charge in [0.15, 0.2) is 0 Å². The van der Waals surface area contributed by atoms with Crippen LogP contribution in [-0.4, -0.2) is 20.2 Å². The van der Waals surface area contributed by atoms with E-state index in [1.54, 1.807) is 6.08 Å². The van der Waals surface area contributed by atoms with Crippen molar-refractivity contribution in [2.24, 2.45) is 0 Å². The van der Waals surface area contributed by atoms with Gasteiger partial charge in [0.05, 0.1) is 27.5 Å². The summed E-state index contributed by atoms with van der Waals surface area (Å²) in [6, 6.07) is 14.1. The number of hydrogen-bond acceptors (Lipinski definition) is 5. The summed E-state index contributed by atoms with van der Waals surface area (Å²) < 4.78 is 0.472. The van der Waals surface area contributed by atoms with Crippen LogP contribution >= 0.6 is 24.0 Å². The Kier molecular flexibility index (Phi) is 4.30. The molecule has 3 heterocycles. The second-order valence-corrected chi connectivity index (χ2v) is 7.87. The molecule has 4 rings (SSSR count). The zero-order chi connectivity index (χ0) is 18.3. The van der Waals surface area contributed by atoms with Crippen LogP contribution in [0.4, 0.5) is 0 Å². The first-order chi connectivity index (χ1) is 12.5. The second-order valence-electron chi connectivity index (χ2n) is 6.15. The molecule has 0 unspecified atom stereocenters. The van der Waals surface area contributed by atoms with Gasteiger partial charge in [0.2, 0.25) is 0 Å². The lowest BCUT2D eigenvalue weighted by atomic mass is 10.1. The first-order valence-corrected chi connectivity index (χ1v) is 9.32. The molecule has 128 valence electrons. The number of amides is 1. The molecule has 2 aromatic heterocycles. The van der Waals surface area contributed by atoms with Gasteiger partial charge in [0, 0.05) is 5.39 Å². The monoisotopic (exact) mass is 377 g/mol. The maximum absolute atomic E-state index is 11.8. The van der Waals surface area contributed by atoms with Crippen LogP contribution in [0, 0.1) is 13.8 Å². The Morgan fingerprint density at radius 1 is 1.12 bits per heavy atom. The molecule has 0 atom stereocenters. The smallest absolute Gasteiger partial charge is 0.263 e. The maximum Gasteiger partial charge on any atom is 0.263 e. The van der Waals surface area contributed by atoms with Crippen LogP contribution in [0.1, 0.15) is 16.8 Å². The van der Waals surface area contributed by atoms with Crippen molar-refractivity contribution in [3.05, 3.63) is 64.2 Å². The Bertz CT molecular complexity index is 1110. The van der Waals surface area contributed by atoms with Crippen molar-refractivity contribution in [1.82, 2.24) is 15.3 Å². The fraction of sp³-hybridized carbons (Fsp3) is 0.100. The van der Waals surface area contributed by atoms with Crippen LogP contribution in [0.25, 0.3) is 28.4 Å². The van der Waals surface area contributed by atoms with E-state index in [2.05, 4.69) is 41.5 Å². The number of pyridine rings is 2. The van der Waals surface area contributed by atoms with Crippen molar-refractivity contribution < 1.29 is 4.79 Å². The standard InChI is InChI=1S/C20H15N3OS2/c1-11-6-7-13-9-12(2)18(22-16(13)8-11)15-5-3-4-14(21-15)10-17-19(24)23-20(25)26-17/h3-10H,1-2H3,(H,23,24,25)/b17-10-. The number of carbonyl (C=O) groups is 1. The highest BCUT2D eigenvalue weighted by Crippen LogP contribution is 2.27. The van der Waals surface area contributed by atoms with Gasteiger partial charge in [-0.25, -0.2) is 9.97 Å². The molecule has 1 fully saturated rings. The lowest BCUT2D eigenvalue weighted by Crippen LogP contribution is -2.17. The van der Waals surface area contributed by atoms with E-state index in [9.17, 15) is 4.79 Å². The Labute approximate surface area is 160 Å². The predicted molar refractivity (Wildman–Crippen MR) is 111 cm³/mol. The van der Waals surface area contributed by atoms with E-state index in [-0.39, 0.29) is 5.91 Å². The van der Waals surface area contributed by atoms with Crippen LogP contribution in [0.2, 0.25) is 0 Å². The molecule has 1 saturated heterocycles. The number of thiocarbonyl (C=S) groups is 1. The summed E-state index contributed by atoms with van der Waals surface area (Å²) in [6.07, 6.45) is 1.75. The van der Waals surface area contributed by atoms with Crippen molar-refractivity contribution >= 4 is 51.2 Å².